The zero-order chi connectivity index (χ0) is 16.7. The van der Waals surface area contributed by atoms with Gasteiger partial charge in [-0.05, 0) is 30.2 Å². The molecule has 0 aliphatic carbocycles. The van der Waals surface area contributed by atoms with E-state index in [2.05, 4.69) is 54.1 Å². The van der Waals surface area contributed by atoms with Crippen molar-refractivity contribution in [2.75, 3.05) is 0 Å². The lowest BCUT2D eigenvalue weighted by Gasteiger charge is -2.22. The molecule has 1 N–H and O–H groups in total. The molecule has 1 unspecified atom stereocenters. The van der Waals surface area contributed by atoms with Crippen molar-refractivity contribution < 1.29 is 4.79 Å². The number of carbonyl (C=O) groups excluding carboxylic acids is 1. The van der Waals surface area contributed by atoms with Crippen LogP contribution in [0.5, 0.6) is 0 Å². The van der Waals surface area contributed by atoms with Gasteiger partial charge in [-0.3, -0.25) is 4.79 Å². The molecule has 3 aromatic rings. The summed E-state index contributed by atoms with van der Waals surface area (Å²) in [6.07, 6.45) is 0. The molecule has 1 aliphatic heterocycles. The first kappa shape index (κ1) is 15.3. The number of aromatic nitrogens is 1. The van der Waals surface area contributed by atoms with Crippen molar-refractivity contribution in [1.82, 2.24) is 9.88 Å². The van der Waals surface area contributed by atoms with Gasteiger partial charge in [-0.25, -0.2) is 0 Å². The van der Waals surface area contributed by atoms with Crippen LogP contribution in [0, 0.1) is 6.92 Å². The summed E-state index contributed by atoms with van der Waals surface area (Å²) >= 11 is 1.89. The molecule has 4 rings (SSSR count). The molecule has 4 heteroatoms. The van der Waals surface area contributed by atoms with Gasteiger partial charge < -0.3 is 9.88 Å². The van der Waals surface area contributed by atoms with E-state index in [1.807, 2.05) is 30.0 Å². The maximum atomic E-state index is 12.8. The number of benzene rings is 2. The Balaban J connectivity index is 1.65. The second-order valence-electron chi connectivity index (χ2n) is 6.37. The Kier molecular flexibility index (Phi) is 3.85. The van der Waals surface area contributed by atoms with Crippen LogP contribution in [-0.4, -0.2) is 15.7 Å². The zero-order valence-electron chi connectivity index (χ0n) is 13.9. The van der Waals surface area contributed by atoms with Crippen molar-refractivity contribution >= 4 is 28.6 Å². The molecule has 1 amide bonds. The molecule has 0 bridgehead atoms. The Hall–Kier alpha value is -2.20. The van der Waals surface area contributed by atoms with Crippen LogP contribution in [0.2, 0.25) is 0 Å². The predicted molar refractivity (Wildman–Crippen MR) is 99.6 cm³/mol. The smallest absolute Gasteiger partial charge is 0.268 e. The van der Waals surface area contributed by atoms with Gasteiger partial charge in [0.1, 0.15) is 5.69 Å². The van der Waals surface area contributed by atoms with Gasteiger partial charge in [-0.15, -0.1) is 11.8 Å². The van der Waals surface area contributed by atoms with E-state index in [9.17, 15) is 4.79 Å². The van der Waals surface area contributed by atoms with E-state index in [0.717, 1.165) is 23.2 Å². The number of amides is 1. The lowest BCUT2D eigenvalue weighted by Crippen LogP contribution is -2.27. The number of rotatable bonds is 3. The Morgan fingerprint density at radius 3 is 2.92 bits per heavy atom. The van der Waals surface area contributed by atoms with Gasteiger partial charge in [0.05, 0.1) is 5.52 Å². The van der Waals surface area contributed by atoms with Crippen LogP contribution in [-0.2, 0) is 13.1 Å². The van der Waals surface area contributed by atoms with Crippen LogP contribution in [0.4, 0.5) is 0 Å². The Labute approximate surface area is 146 Å². The fraction of sp³-hybridized carbons (Fsp3) is 0.250. The van der Waals surface area contributed by atoms with Crippen LogP contribution in [0.15, 0.2) is 53.4 Å². The molecule has 2 heterocycles. The SMILES string of the molecule is Cc1ccccc1CNC(=O)c1cc2cccc3c2n1CC(C)S3. The van der Waals surface area contributed by atoms with E-state index < -0.39 is 0 Å². The molecule has 0 saturated carbocycles. The van der Waals surface area contributed by atoms with Gasteiger partial charge in [-0.1, -0.05) is 43.3 Å². The third-order valence-electron chi connectivity index (χ3n) is 4.58. The van der Waals surface area contributed by atoms with Crippen LogP contribution in [0.25, 0.3) is 10.9 Å². The van der Waals surface area contributed by atoms with E-state index in [-0.39, 0.29) is 5.91 Å². The minimum atomic E-state index is -0.000460. The number of carbonyl (C=O) groups is 1. The molecule has 0 fully saturated rings. The molecule has 0 saturated heterocycles. The molecule has 0 radical (unpaired) electrons. The number of aryl methyl sites for hydroxylation is 1. The maximum Gasteiger partial charge on any atom is 0.268 e. The molecule has 1 atom stereocenters. The highest BCUT2D eigenvalue weighted by Crippen LogP contribution is 2.38. The predicted octanol–water partition coefficient (Wildman–Crippen LogP) is 4.37. The van der Waals surface area contributed by atoms with Crippen molar-refractivity contribution in [1.29, 1.82) is 0 Å². The molecule has 1 aromatic heterocycles. The number of hydrogen-bond donors (Lipinski definition) is 1. The molecular weight excluding hydrogens is 316 g/mol. The van der Waals surface area contributed by atoms with Gasteiger partial charge >= 0.3 is 0 Å². The summed E-state index contributed by atoms with van der Waals surface area (Å²) in [5.41, 5.74) is 4.32. The first-order valence-electron chi connectivity index (χ1n) is 8.25. The molecule has 2 aromatic carbocycles. The first-order chi connectivity index (χ1) is 11.6. The molecule has 0 spiro atoms. The van der Waals surface area contributed by atoms with Gasteiger partial charge in [0, 0.05) is 28.6 Å². The van der Waals surface area contributed by atoms with Crippen molar-refractivity contribution in [3.63, 3.8) is 0 Å². The number of nitrogens with one attached hydrogen (secondary N) is 1. The van der Waals surface area contributed by atoms with E-state index in [0.29, 0.717) is 11.8 Å². The highest BCUT2D eigenvalue weighted by molar-refractivity contribution is 8.00. The van der Waals surface area contributed by atoms with E-state index >= 15 is 0 Å². The van der Waals surface area contributed by atoms with E-state index in [1.54, 1.807) is 0 Å². The quantitative estimate of drug-likeness (QED) is 0.770. The lowest BCUT2D eigenvalue weighted by molar-refractivity contribution is 0.0942. The average molecular weight is 336 g/mol. The standard InChI is InChI=1S/C20H20N2OS/c1-13-6-3-4-7-16(13)11-21-20(23)17-10-15-8-5-9-18-19(15)22(17)12-14(2)24-18/h3-10,14H,11-12H2,1-2H3,(H,21,23). The topological polar surface area (TPSA) is 34.0 Å². The fourth-order valence-electron chi connectivity index (χ4n) is 3.35. The van der Waals surface area contributed by atoms with Crippen molar-refractivity contribution in [3.05, 3.63) is 65.4 Å². The summed E-state index contributed by atoms with van der Waals surface area (Å²) in [6.45, 7) is 5.71. The van der Waals surface area contributed by atoms with Crippen molar-refractivity contribution in [3.8, 4) is 0 Å². The Bertz CT molecular complexity index is 929. The number of nitrogens with zero attached hydrogens (tertiary/aromatic N) is 1. The lowest BCUT2D eigenvalue weighted by atomic mass is 10.1. The minimum absolute atomic E-state index is 0.000460. The third kappa shape index (κ3) is 2.61. The molecule has 1 aliphatic rings. The van der Waals surface area contributed by atoms with Crippen LogP contribution in [0.1, 0.15) is 28.5 Å². The van der Waals surface area contributed by atoms with Crippen molar-refractivity contribution in [2.24, 2.45) is 0 Å². The largest absolute Gasteiger partial charge is 0.347 e. The molecular formula is C20H20N2OS. The number of para-hydroxylation sites is 1. The highest BCUT2D eigenvalue weighted by Gasteiger charge is 2.23. The molecule has 3 nitrogen and oxygen atoms in total. The number of hydrogen-bond acceptors (Lipinski definition) is 2. The highest BCUT2D eigenvalue weighted by atomic mass is 32.2. The summed E-state index contributed by atoms with van der Waals surface area (Å²) in [4.78, 5) is 14.0. The Morgan fingerprint density at radius 2 is 2.08 bits per heavy atom. The summed E-state index contributed by atoms with van der Waals surface area (Å²) in [5, 5.41) is 4.70. The average Bonchev–Trinajstić information content (AvgIpc) is 2.94. The van der Waals surface area contributed by atoms with E-state index in [1.165, 1.54) is 16.0 Å². The second-order valence-corrected chi connectivity index (χ2v) is 7.85. The van der Waals surface area contributed by atoms with Crippen LogP contribution < -0.4 is 5.32 Å². The molecule has 122 valence electrons. The zero-order valence-corrected chi connectivity index (χ0v) is 14.7. The number of thioether (sulfide) groups is 1. The maximum absolute atomic E-state index is 12.8. The fourth-order valence-corrected chi connectivity index (χ4v) is 4.50. The van der Waals surface area contributed by atoms with Gasteiger partial charge in [0.2, 0.25) is 0 Å². The summed E-state index contributed by atoms with van der Waals surface area (Å²) in [6, 6.07) is 16.5. The van der Waals surface area contributed by atoms with Crippen LogP contribution >= 0.6 is 11.8 Å². The third-order valence-corrected chi connectivity index (χ3v) is 5.72. The minimum Gasteiger partial charge on any atom is -0.347 e. The van der Waals surface area contributed by atoms with E-state index in [4.69, 9.17) is 0 Å². The summed E-state index contributed by atoms with van der Waals surface area (Å²) in [5.74, 6) is -0.000460. The van der Waals surface area contributed by atoms with Crippen LogP contribution in [0.3, 0.4) is 0 Å². The van der Waals surface area contributed by atoms with Gasteiger partial charge in [-0.2, -0.15) is 0 Å². The summed E-state index contributed by atoms with van der Waals surface area (Å²) < 4.78 is 2.18. The monoisotopic (exact) mass is 336 g/mol. The second kappa shape index (κ2) is 6.02. The normalized spacial score (nSPS) is 16.3. The molecule has 24 heavy (non-hydrogen) atoms. The van der Waals surface area contributed by atoms with Gasteiger partial charge in [0.15, 0.2) is 0 Å². The van der Waals surface area contributed by atoms with Crippen molar-refractivity contribution in [2.45, 2.75) is 37.1 Å². The summed E-state index contributed by atoms with van der Waals surface area (Å²) in [7, 11) is 0. The first-order valence-corrected chi connectivity index (χ1v) is 9.13. The van der Waals surface area contributed by atoms with Gasteiger partial charge in [0.25, 0.3) is 5.91 Å². The Morgan fingerprint density at radius 1 is 1.25 bits per heavy atom.